The standard InChI is InChI=1S/C23H27N3O4S/c1-4-26(17(2)3)20-11-9-19(10-12-20)25-23(27)18-7-13-22(14-8-18)31(28,29)24-16-21-6-5-15-30-21/h5-15,17,24H,4,16H2,1-3H3,(H,25,27). The van der Waals surface area contributed by atoms with E-state index in [4.69, 9.17) is 4.42 Å². The van der Waals surface area contributed by atoms with Crippen molar-refractivity contribution in [3.63, 3.8) is 0 Å². The molecular formula is C23H27N3O4S. The second-order valence-electron chi connectivity index (χ2n) is 7.31. The molecule has 0 aliphatic rings. The van der Waals surface area contributed by atoms with Crippen LogP contribution in [0, 0.1) is 0 Å². The Hall–Kier alpha value is -3.10. The van der Waals surface area contributed by atoms with Crippen molar-refractivity contribution < 1.29 is 17.6 Å². The molecule has 0 atom stereocenters. The number of carbonyl (C=O) groups excluding carboxylic acids is 1. The molecule has 164 valence electrons. The molecule has 7 nitrogen and oxygen atoms in total. The van der Waals surface area contributed by atoms with Crippen LogP contribution in [-0.2, 0) is 16.6 Å². The smallest absolute Gasteiger partial charge is 0.255 e. The van der Waals surface area contributed by atoms with E-state index in [1.807, 2.05) is 24.3 Å². The number of hydrogen-bond acceptors (Lipinski definition) is 5. The number of carbonyl (C=O) groups is 1. The first-order valence-electron chi connectivity index (χ1n) is 10.1. The summed E-state index contributed by atoms with van der Waals surface area (Å²) in [5, 5.41) is 2.84. The number of amides is 1. The Bertz CT molecular complexity index is 1090. The molecule has 0 aliphatic heterocycles. The first kappa shape index (κ1) is 22.6. The highest BCUT2D eigenvalue weighted by atomic mass is 32.2. The molecule has 0 aliphatic carbocycles. The molecule has 0 saturated carbocycles. The second-order valence-corrected chi connectivity index (χ2v) is 9.08. The minimum Gasteiger partial charge on any atom is -0.468 e. The van der Waals surface area contributed by atoms with Gasteiger partial charge >= 0.3 is 0 Å². The van der Waals surface area contributed by atoms with Gasteiger partial charge < -0.3 is 14.6 Å². The lowest BCUT2D eigenvalue weighted by Crippen LogP contribution is -2.30. The van der Waals surface area contributed by atoms with Crippen molar-refractivity contribution in [1.82, 2.24) is 4.72 Å². The van der Waals surface area contributed by atoms with Gasteiger partial charge in [-0.1, -0.05) is 0 Å². The van der Waals surface area contributed by atoms with Gasteiger partial charge in [0, 0.05) is 29.5 Å². The highest BCUT2D eigenvalue weighted by molar-refractivity contribution is 7.89. The maximum Gasteiger partial charge on any atom is 0.255 e. The highest BCUT2D eigenvalue weighted by Gasteiger charge is 2.16. The predicted molar refractivity (Wildman–Crippen MR) is 122 cm³/mol. The Morgan fingerprint density at radius 2 is 1.71 bits per heavy atom. The SMILES string of the molecule is CCN(c1ccc(NC(=O)c2ccc(S(=O)(=O)NCc3ccco3)cc2)cc1)C(C)C. The lowest BCUT2D eigenvalue weighted by atomic mass is 10.2. The van der Waals surface area contributed by atoms with Gasteiger partial charge in [-0.15, -0.1) is 0 Å². The first-order valence-corrected chi connectivity index (χ1v) is 11.6. The molecule has 2 aromatic carbocycles. The normalized spacial score (nSPS) is 11.5. The fourth-order valence-corrected chi connectivity index (χ4v) is 4.23. The molecule has 1 amide bonds. The van der Waals surface area contributed by atoms with Crippen LogP contribution in [0.25, 0.3) is 0 Å². The van der Waals surface area contributed by atoms with Crippen molar-refractivity contribution in [3.8, 4) is 0 Å². The van der Waals surface area contributed by atoms with E-state index in [1.54, 1.807) is 12.1 Å². The Morgan fingerprint density at radius 3 is 2.26 bits per heavy atom. The van der Waals surface area contributed by atoms with Crippen molar-refractivity contribution in [3.05, 3.63) is 78.3 Å². The lowest BCUT2D eigenvalue weighted by molar-refractivity contribution is 0.102. The Kier molecular flexibility index (Phi) is 7.14. The molecule has 0 spiro atoms. The summed E-state index contributed by atoms with van der Waals surface area (Å²) in [6.45, 7) is 7.33. The zero-order valence-electron chi connectivity index (χ0n) is 17.8. The van der Waals surface area contributed by atoms with Gasteiger partial charge in [0.05, 0.1) is 17.7 Å². The summed E-state index contributed by atoms with van der Waals surface area (Å²) in [6, 6.07) is 17.2. The minimum absolute atomic E-state index is 0.0554. The third-order valence-electron chi connectivity index (χ3n) is 4.86. The fraction of sp³-hybridized carbons (Fsp3) is 0.261. The zero-order chi connectivity index (χ0) is 22.4. The summed E-state index contributed by atoms with van der Waals surface area (Å²) in [5.74, 6) is 0.206. The van der Waals surface area contributed by atoms with E-state index in [1.165, 1.54) is 30.5 Å². The zero-order valence-corrected chi connectivity index (χ0v) is 18.6. The Labute approximate surface area is 183 Å². The number of sulfonamides is 1. The van der Waals surface area contributed by atoms with Crippen LogP contribution in [0.3, 0.4) is 0 Å². The predicted octanol–water partition coefficient (Wildman–Crippen LogP) is 4.25. The minimum atomic E-state index is -3.71. The molecule has 3 aromatic rings. The number of rotatable bonds is 9. The summed E-state index contributed by atoms with van der Waals surface area (Å²) < 4.78 is 32.4. The third kappa shape index (κ3) is 5.74. The van der Waals surface area contributed by atoms with Gasteiger partial charge in [-0.25, -0.2) is 13.1 Å². The quantitative estimate of drug-likeness (QED) is 0.518. The molecule has 0 bridgehead atoms. The molecule has 0 unspecified atom stereocenters. The highest BCUT2D eigenvalue weighted by Crippen LogP contribution is 2.20. The van der Waals surface area contributed by atoms with Crippen molar-refractivity contribution in [2.45, 2.75) is 38.3 Å². The van der Waals surface area contributed by atoms with E-state index in [9.17, 15) is 13.2 Å². The number of hydrogen-bond donors (Lipinski definition) is 2. The third-order valence-corrected chi connectivity index (χ3v) is 6.28. The van der Waals surface area contributed by atoms with Gasteiger partial charge in [0.15, 0.2) is 0 Å². The molecule has 1 aromatic heterocycles. The number of nitrogens with one attached hydrogen (secondary N) is 2. The van der Waals surface area contributed by atoms with Crippen LogP contribution in [0.15, 0.2) is 76.2 Å². The van der Waals surface area contributed by atoms with Crippen LogP contribution in [0.5, 0.6) is 0 Å². The Balaban J connectivity index is 1.63. The van der Waals surface area contributed by atoms with Crippen LogP contribution in [0.4, 0.5) is 11.4 Å². The lowest BCUT2D eigenvalue weighted by Gasteiger charge is -2.27. The van der Waals surface area contributed by atoms with Crippen molar-refractivity contribution in [1.29, 1.82) is 0 Å². The topological polar surface area (TPSA) is 91.7 Å². The summed E-state index contributed by atoms with van der Waals surface area (Å²) in [4.78, 5) is 14.9. The van der Waals surface area contributed by atoms with E-state index in [-0.39, 0.29) is 17.3 Å². The van der Waals surface area contributed by atoms with Gasteiger partial charge in [-0.3, -0.25) is 4.79 Å². The van der Waals surface area contributed by atoms with Crippen molar-refractivity contribution >= 4 is 27.3 Å². The van der Waals surface area contributed by atoms with Gasteiger partial charge in [0.1, 0.15) is 5.76 Å². The maximum absolute atomic E-state index is 12.5. The molecule has 31 heavy (non-hydrogen) atoms. The number of nitrogens with zero attached hydrogens (tertiary/aromatic N) is 1. The van der Waals surface area contributed by atoms with Gasteiger partial charge in [0.2, 0.25) is 10.0 Å². The number of benzene rings is 2. The van der Waals surface area contributed by atoms with Gasteiger partial charge in [-0.05, 0) is 81.4 Å². The first-order chi connectivity index (χ1) is 14.8. The molecule has 3 rings (SSSR count). The van der Waals surface area contributed by atoms with E-state index < -0.39 is 10.0 Å². The molecular weight excluding hydrogens is 414 g/mol. The summed E-state index contributed by atoms with van der Waals surface area (Å²) in [5.41, 5.74) is 2.13. The molecule has 8 heteroatoms. The van der Waals surface area contributed by atoms with E-state index in [0.29, 0.717) is 23.1 Å². The largest absolute Gasteiger partial charge is 0.468 e. The van der Waals surface area contributed by atoms with Crippen molar-refractivity contribution in [2.24, 2.45) is 0 Å². The molecule has 0 fully saturated rings. The maximum atomic E-state index is 12.5. The van der Waals surface area contributed by atoms with Crippen LogP contribution in [-0.4, -0.2) is 26.9 Å². The van der Waals surface area contributed by atoms with Crippen molar-refractivity contribution in [2.75, 3.05) is 16.8 Å². The van der Waals surface area contributed by atoms with E-state index in [0.717, 1.165) is 12.2 Å². The van der Waals surface area contributed by atoms with Crippen LogP contribution < -0.4 is 14.9 Å². The monoisotopic (exact) mass is 441 g/mol. The van der Waals surface area contributed by atoms with Gasteiger partial charge in [0.25, 0.3) is 5.91 Å². The average molecular weight is 442 g/mol. The molecule has 2 N–H and O–H groups in total. The molecule has 0 saturated heterocycles. The Morgan fingerprint density at radius 1 is 1.03 bits per heavy atom. The van der Waals surface area contributed by atoms with Gasteiger partial charge in [-0.2, -0.15) is 0 Å². The summed E-state index contributed by atoms with van der Waals surface area (Å²) >= 11 is 0. The van der Waals surface area contributed by atoms with E-state index >= 15 is 0 Å². The number of anilines is 2. The molecule has 0 radical (unpaired) electrons. The fourth-order valence-electron chi connectivity index (χ4n) is 3.23. The summed E-state index contributed by atoms with van der Waals surface area (Å²) in [7, 11) is -3.71. The second kappa shape index (κ2) is 9.80. The molecule has 1 heterocycles. The number of furan rings is 1. The van der Waals surface area contributed by atoms with Crippen LogP contribution in [0.1, 0.15) is 36.9 Å². The van der Waals surface area contributed by atoms with E-state index in [2.05, 4.69) is 35.7 Å². The van der Waals surface area contributed by atoms with Crippen LogP contribution >= 0.6 is 0 Å². The van der Waals surface area contributed by atoms with Crippen LogP contribution in [0.2, 0.25) is 0 Å². The summed E-state index contributed by atoms with van der Waals surface area (Å²) in [6.07, 6.45) is 1.48. The average Bonchev–Trinajstić information content (AvgIpc) is 3.28.